The van der Waals surface area contributed by atoms with E-state index in [1.165, 1.54) is 4.31 Å². The number of sulfonamides is 1. The summed E-state index contributed by atoms with van der Waals surface area (Å²) in [6.45, 7) is 2.27. The standard InChI is InChI=1S/C16H19N3O3S/c1-22-15-2-4-16(5-3-15)23(20,21)19-12-10-18(11-13-19)14-6-8-17-9-7-14/h2-9H,10-13H2,1H3. The molecule has 2 heterocycles. The molecule has 0 amide bonds. The maximum atomic E-state index is 12.7. The minimum atomic E-state index is -3.45. The van der Waals surface area contributed by atoms with E-state index < -0.39 is 10.0 Å². The number of benzene rings is 1. The summed E-state index contributed by atoms with van der Waals surface area (Å²) in [6.07, 6.45) is 3.49. The van der Waals surface area contributed by atoms with E-state index in [2.05, 4.69) is 9.88 Å². The van der Waals surface area contributed by atoms with Gasteiger partial charge < -0.3 is 9.64 Å². The molecular formula is C16H19N3O3S. The van der Waals surface area contributed by atoms with E-state index in [0.29, 0.717) is 36.8 Å². The Balaban J connectivity index is 1.70. The number of rotatable bonds is 4. The number of pyridine rings is 1. The normalized spacial score (nSPS) is 16.3. The van der Waals surface area contributed by atoms with Crippen LogP contribution in [0.3, 0.4) is 0 Å². The molecule has 0 atom stereocenters. The van der Waals surface area contributed by atoms with Gasteiger partial charge in [0.15, 0.2) is 0 Å². The van der Waals surface area contributed by atoms with Gasteiger partial charge in [-0.25, -0.2) is 8.42 Å². The SMILES string of the molecule is COc1ccc(S(=O)(=O)N2CCN(c3ccncc3)CC2)cc1. The van der Waals surface area contributed by atoms with Gasteiger partial charge in [-0.1, -0.05) is 0 Å². The van der Waals surface area contributed by atoms with Crippen molar-refractivity contribution in [3.8, 4) is 5.75 Å². The van der Waals surface area contributed by atoms with Crippen molar-refractivity contribution in [3.05, 3.63) is 48.8 Å². The number of anilines is 1. The summed E-state index contributed by atoms with van der Waals surface area (Å²) in [5.41, 5.74) is 1.07. The van der Waals surface area contributed by atoms with Crippen molar-refractivity contribution in [1.82, 2.24) is 9.29 Å². The predicted octanol–water partition coefficient (Wildman–Crippen LogP) is 1.60. The van der Waals surface area contributed by atoms with Crippen LogP contribution < -0.4 is 9.64 Å². The van der Waals surface area contributed by atoms with Crippen molar-refractivity contribution in [3.63, 3.8) is 0 Å². The number of hydrogen-bond acceptors (Lipinski definition) is 5. The highest BCUT2D eigenvalue weighted by molar-refractivity contribution is 7.89. The van der Waals surface area contributed by atoms with Crippen molar-refractivity contribution in [2.45, 2.75) is 4.90 Å². The van der Waals surface area contributed by atoms with Gasteiger partial charge >= 0.3 is 0 Å². The fourth-order valence-corrected chi connectivity index (χ4v) is 4.06. The summed E-state index contributed by atoms with van der Waals surface area (Å²) >= 11 is 0. The van der Waals surface area contributed by atoms with Crippen LogP contribution in [-0.2, 0) is 10.0 Å². The molecule has 6 nitrogen and oxygen atoms in total. The number of hydrogen-bond donors (Lipinski definition) is 0. The van der Waals surface area contributed by atoms with Gasteiger partial charge in [-0.05, 0) is 36.4 Å². The maximum Gasteiger partial charge on any atom is 0.243 e. The predicted molar refractivity (Wildman–Crippen MR) is 88.2 cm³/mol. The summed E-state index contributed by atoms with van der Waals surface area (Å²) in [6, 6.07) is 10.4. The van der Waals surface area contributed by atoms with Gasteiger partial charge in [0.2, 0.25) is 10.0 Å². The molecule has 0 bridgehead atoms. The zero-order valence-corrected chi connectivity index (χ0v) is 13.7. The quantitative estimate of drug-likeness (QED) is 0.850. The van der Waals surface area contributed by atoms with Crippen molar-refractivity contribution in [1.29, 1.82) is 0 Å². The Morgan fingerprint density at radius 1 is 0.957 bits per heavy atom. The third-order valence-electron chi connectivity index (χ3n) is 3.96. The van der Waals surface area contributed by atoms with Crippen LogP contribution in [0, 0.1) is 0 Å². The molecule has 0 saturated carbocycles. The molecule has 1 saturated heterocycles. The molecule has 122 valence electrons. The topological polar surface area (TPSA) is 62.7 Å². The average molecular weight is 333 g/mol. The third kappa shape index (κ3) is 3.30. The number of aromatic nitrogens is 1. The average Bonchev–Trinajstić information content (AvgIpc) is 2.62. The number of nitrogens with zero attached hydrogens (tertiary/aromatic N) is 3. The van der Waals surface area contributed by atoms with E-state index in [4.69, 9.17) is 4.74 Å². The van der Waals surface area contributed by atoms with Crippen LogP contribution in [0.4, 0.5) is 5.69 Å². The highest BCUT2D eigenvalue weighted by Crippen LogP contribution is 2.22. The second-order valence-electron chi connectivity index (χ2n) is 5.27. The Bertz CT molecular complexity index is 740. The van der Waals surface area contributed by atoms with Gasteiger partial charge in [-0.2, -0.15) is 4.31 Å². The lowest BCUT2D eigenvalue weighted by atomic mass is 10.3. The monoisotopic (exact) mass is 333 g/mol. The highest BCUT2D eigenvalue weighted by atomic mass is 32.2. The molecule has 1 aliphatic rings. The van der Waals surface area contributed by atoms with E-state index in [0.717, 1.165) is 5.69 Å². The molecular weight excluding hydrogens is 314 g/mol. The molecule has 0 spiro atoms. The Hall–Kier alpha value is -2.12. The smallest absolute Gasteiger partial charge is 0.243 e. The molecule has 0 N–H and O–H groups in total. The van der Waals surface area contributed by atoms with Gasteiger partial charge in [0.05, 0.1) is 12.0 Å². The molecule has 0 radical (unpaired) electrons. The zero-order valence-electron chi connectivity index (χ0n) is 12.9. The summed E-state index contributed by atoms with van der Waals surface area (Å²) in [4.78, 5) is 6.47. The van der Waals surface area contributed by atoms with Gasteiger partial charge in [0.25, 0.3) is 0 Å². The van der Waals surface area contributed by atoms with Crippen molar-refractivity contribution in [2.24, 2.45) is 0 Å². The van der Waals surface area contributed by atoms with E-state index >= 15 is 0 Å². The minimum Gasteiger partial charge on any atom is -0.497 e. The fraction of sp³-hybridized carbons (Fsp3) is 0.312. The lowest BCUT2D eigenvalue weighted by Gasteiger charge is -2.35. The molecule has 2 aromatic rings. The first-order chi connectivity index (χ1) is 11.1. The molecule has 3 rings (SSSR count). The lowest BCUT2D eigenvalue weighted by Crippen LogP contribution is -2.48. The molecule has 1 aliphatic heterocycles. The Morgan fingerprint density at radius 2 is 1.57 bits per heavy atom. The van der Waals surface area contributed by atoms with Crippen LogP contribution in [0.25, 0.3) is 0 Å². The molecule has 1 fully saturated rings. The highest BCUT2D eigenvalue weighted by Gasteiger charge is 2.28. The molecule has 7 heteroatoms. The number of piperazine rings is 1. The summed E-state index contributed by atoms with van der Waals surface area (Å²) in [7, 11) is -1.90. The van der Waals surface area contributed by atoms with E-state index in [1.807, 2.05) is 12.1 Å². The first-order valence-electron chi connectivity index (χ1n) is 7.40. The van der Waals surface area contributed by atoms with Crippen molar-refractivity contribution < 1.29 is 13.2 Å². The minimum absolute atomic E-state index is 0.302. The molecule has 0 unspecified atom stereocenters. The lowest BCUT2D eigenvalue weighted by molar-refractivity contribution is 0.384. The third-order valence-corrected chi connectivity index (χ3v) is 5.88. The molecule has 1 aromatic heterocycles. The Labute approximate surface area is 136 Å². The summed E-state index contributed by atoms with van der Waals surface area (Å²) in [5, 5.41) is 0. The van der Waals surface area contributed by atoms with Crippen molar-refractivity contribution in [2.75, 3.05) is 38.2 Å². The fourth-order valence-electron chi connectivity index (χ4n) is 2.64. The van der Waals surface area contributed by atoms with Gasteiger partial charge in [0, 0.05) is 44.3 Å². The maximum absolute atomic E-state index is 12.7. The van der Waals surface area contributed by atoms with Gasteiger partial charge in [-0.15, -0.1) is 0 Å². The zero-order chi connectivity index (χ0) is 16.3. The van der Waals surface area contributed by atoms with E-state index in [1.54, 1.807) is 43.8 Å². The molecule has 0 aliphatic carbocycles. The van der Waals surface area contributed by atoms with Crippen LogP contribution in [0.15, 0.2) is 53.7 Å². The number of ether oxygens (including phenoxy) is 1. The summed E-state index contributed by atoms with van der Waals surface area (Å²) in [5.74, 6) is 0.645. The second kappa shape index (κ2) is 6.55. The molecule has 1 aromatic carbocycles. The second-order valence-corrected chi connectivity index (χ2v) is 7.21. The van der Waals surface area contributed by atoms with Crippen LogP contribution in [0.1, 0.15) is 0 Å². The first kappa shape index (κ1) is 15.8. The van der Waals surface area contributed by atoms with Crippen molar-refractivity contribution >= 4 is 15.7 Å². The molecule has 23 heavy (non-hydrogen) atoms. The summed E-state index contributed by atoms with van der Waals surface area (Å²) < 4.78 is 32.0. The Morgan fingerprint density at radius 3 is 2.13 bits per heavy atom. The van der Waals surface area contributed by atoms with E-state index in [-0.39, 0.29) is 0 Å². The first-order valence-corrected chi connectivity index (χ1v) is 8.84. The number of methoxy groups -OCH3 is 1. The van der Waals surface area contributed by atoms with Crippen LogP contribution in [0.5, 0.6) is 5.75 Å². The van der Waals surface area contributed by atoms with Gasteiger partial charge in [0.1, 0.15) is 5.75 Å². The van der Waals surface area contributed by atoms with Crippen LogP contribution >= 0.6 is 0 Å². The Kier molecular flexibility index (Phi) is 4.49. The van der Waals surface area contributed by atoms with E-state index in [9.17, 15) is 8.42 Å². The van der Waals surface area contributed by atoms with Crippen LogP contribution in [0.2, 0.25) is 0 Å². The van der Waals surface area contributed by atoms with Crippen LogP contribution in [-0.4, -0.2) is 51.0 Å². The largest absolute Gasteiger partial charge is 0.497 e. The van der Waals surface area contributed by atoms with Gasteiger partial charge in [-0.3, -0.25) is 4.98 Å².